The summed E-state index contributed by atoms with van der Waals surface area (Å²) in [6, 6.07) is 7.19. The number of hydrogen-bond acceptors (Lipinski definition) is 6. The predicted molar refractivity (Wildman–Crippen MR) is 115 cm³/mol. The monoisotopic (exact) mass is 441 g/mol. The molecule has 0 aliphatic heterocycles. The van der Waals surface area contributed by atoms with Gasteiger partial charge in [-0.15, -0.1) is 11.3 Å². The second-order valence-electron chi connectivity index (χ2n) is 6.51. The van der Waals surface area contributed by atoms with Gasteiger partial charge in [0.05, 0.1) is 16.8 Å². The molecular weight excluding hydrogens is 414 g/mol. The summed E-state index contributed by atoms with van der Waals surface area (Å²) in [7, 11) is -3.52. The van der Waals surface area contributed by atoms with Gasteiger partial charge in [-0.2, -0.15) is 4.31 Å². The summed E-state index contributed by atoms with van der Waals surface area (Å²) in [5.41, 5.74) is 0. The highest BCUT2D eigenvalue weighted by molar-refractivity contribution is 7.99. The summed E-state index contributed by atoms with van der Waals surface area (Å²) in [5.74, 6) is 0.443. The Balaban J connectivity index is 1.96. The fourth-order valence-corrected chi connectivity index (χ4v) is 5.71. The number of pyridine rings is 1. The van der Waals surface area contributed by atoms with Crippen LogP contribution in [0.15, 0.2) is 45.8 Å². The Morgan fingerprint density at radius 1 is 1.25 bits per heavy atom. The molecule has 9 heteroatoms. The summed E-state index contributed by atoms with van der Waals surface area (Å²) >= 11 is 2.92. The van der Waals surface area contributed by atoms with Gasteiger partial charge in [0.25, 0.3) is 0 Å². The summed E-state index contributed by atoms with van der Waals surface area (Å²) in [6.07, 6.45) is 1.36. The van der Waals surface area contributed by atoms with E-state index in [4.69, 9.17) is 0 Å². The first-order chi connectivity index (χ1) is 13.3. The molecule has 0 aliphatic carbocycles. The van der Waals surface area contributed by atoms with E-state index in [9.17, 15) is 13.2 Å². The van der Waals surface area contributed by atoms with Crippen LogP contribution in [0, 0.1) is 5.92 Å². The van der Waals surface area contributed by atoms with Crippen LogP contribution in [0.1, 0.15) is 38.6 Å². The number of carbonyl (C=O) groups excluding carboxylic acids is 1. The molecule has 0 fully saturated rings. The van der Waals surface area contributed by atoms with Crippen molar-refractivity contribution in [2.75, 3.05) is 18.8 Å². The smallest absolute Gasteiger partial charge is 0.244 e. The van der Waals surface area contributed by atoms with E-state index in [0.29, 0.717) is 18.1 Å². The Bertz CT molecular complexity index is 846. The van der Waals surface area contributed by atoms with Crippen LogP contribution in [0.2, 0.25) is 0 Å². The molecule has 0 aromatic carbocycles. The van der Waals surface area contributed by atoms with Crippen molar-refractivity contribution < 1.29 is 13.2 Å². The van der Waals surface area contributed by atoms with Gasteiger partial charge in [-0.1, -0.05) is 45.5 Å². The Hall–Kier alpha value is -1.42. The number of carbonyl (C=O) groups is 1. The van der Waals surface area contributed by atoms with Crippen LogP contribution in [0.4, 0.5) is 0 Å². The quantitative estimate of drug-likeness (QED) is 0.568. The van der Waals surface area contributed by atoms with Crippen molar-refractivity contribution >= 4 is 39.0 Å². The largest absolute Gasteiger partial charge is 0.347 e. The Labute approximate surface area is 175 Å². The van der Waals surface area contributed by atoms with Crippen LogP contribution < -0.4 is 5.32 Å². The zero-order valence-corrected chi connectivity index (χ0v) is 19.0. The molecule has 1 unspecified atom stereocenters. The average Bonchev–Trinajstić information content (AvgIpc) is 3.19. The molecule has 1 atom stereocenters. The molecule has 0 saturated heterocycles. The first-order valence-electron chi connectivity index (χ1n) is 9.21. The summed E-state index contributed by atoms with van der Waals surface area (Å²) in [6.45, 7) is 8.59. The first-order valence-corrected chi connectivity index (χ1v) is 12.5. The maximum Gasteiger partial charge on any atom is 0.244 e. The lowest BCUT2D eigenvalue weighted by molar-refractivity contribution is -0.119. The van der Waals surface area contributed by atoms with E-state index >= 15 is 0 Å². The molecule has 0 radical (unpaired) electrons. The van der Waals surface area contributed by atoms with Crippen molar-refractivity contribution in [1.29, 1.82) is 0 Å². The lowest BCUT2D eigenvalue weighted by Crippen LogP contribution is -2.32. The minimum absolute atomic E-state index is 0.0114. The number of nitrogens with zero attached hydrogens (tertiary/aromatic N) is 2. The van der Waals surface area contributed by atoms with Crippen LogP contribution in [0.25, 0.3) is 0 Å². The van der Waals surface area contributed by atoms with E-state index in [-0.39, 0.29) is 28.5 Å². The topological polar surface area (TPSA) is 79.4 Å². The molecule has 2 heterocycles. The number of aromatic nitrogens is 1. The van der Waals surface area contributed by atoms with Crippen molar-refractivity contribution in [1.82, 2.24) is 14.6 Å². The van der Waals surface area contributed by atoms with Crippen molar-refractivity contribution in [2.45, 2.75) is 43.7 Å². The van der Waals surface area contributed by atoms with Crippen LogP contribution in [0.5, 0.6) is 0 Å². The lowest BCUT2D eigenvalue weighted by Gasteiger charge is -2.21. The van der Waals surface area contributed by atoms with Gasteiger partial charge in [0.1, 0.15) is 4.90 Å². The number of sulfonamides is 1. The van der Waals surface area contributed by atoms with Crippen LogP contribution in [-0.2, 0) is 14.8 Å². The van der Waals surface area contributed by atoms with E-state index in [1.165, 1.54) is 22.3 Å². The Morgan fingerprint density at radius 3 is 2.46 bits per heavy atom. The molecule has 2 aromatic heterocycles. The van der Waals surface area contributed by atoms with E-state index in [1.807, 2.05) is 17.5 Å². The third kappa shape index (κ3) is 5.79. The minimum atomic E-state index is -3.52. The maximum atomic E-state index is 12.5. The van der Waals surface area contributed by atoms with Gasteiger partial charge in [-0.3, -0.25) is 4.79 Å². The SMILES string of the molecule is CCN(CC)S(=O)(=O)c1ccc(SCC(=O)NC(c2cccs2)C(C)C)nc1. The molecule has 1 amide bonds. The number of nitrogens with one attached hydrogen (secondary N) is 1. The van der Waals surface area contributed by atoms with E-state index in [2.05, 4.69) is 24.1 Å². The number of thiophene rings is 1. The van der Waals surface area contributed by atoms with Crippen molar-refractivity contribution in [3.05, 3.63) is 40.7 Å². The molecule has 2 rings (SSSR count). The molecular formula is C19H27N3O3S3. The van der Waals surface area contributed by atoms with Crippen LogP contribution >= 0.6 is 23.1 Å². The van der Waals surface area contributed by atoms with Gasteiger partial charge in [0, 0.05) is 24.2 Å². The highest BCUT2D eigenvalue weighted by Gasteiger charge is 2.22. The zero-order chi connectivity index (χ0) is 20.7. The Kier molecular flexibility index (Phi) is 8.48. The molecule has 6 nitrogen and oxygen atoms in total. The second kappa shape index (κ2) is 10.4. The first kappa shape index (κ1) is 22.9. The van der Waals surface area contributed by atoms with Crippen LogP contribution in [0.3, 0.4) is 0 Å². The van der Waals surface area contributed by atoms with Crippen molar-refractivity contribution in [2.24, 2.45) is 5.92 Å². The van der Waals surface area contributed by atoms with E-state index in [1.54, 1.807) is 37.3 Å². The zero-order valence-electron chi connectivity index (χ0n) is 16.6. The van der Waals surface area contributed by atoms with E-state index < -0.39 is 10.0 Å². The number of rotatable bonds is 10. The van der Waals surface area contributed by atoms with Gasteiger partial charge in [0.2, 0.25) is 15.9 Å². The molecule has 0 aliphatic rings. The van der Waals surface area contributed by atoms with Crippen molar-refractivity contribution in [3.8, 4) is 0 Å². The van der Waals surface area contributed by atoms with Gasteiger partial charge < -0.3 is 5.32 Å². The number of amides is 1. The average molecular weight is 442 g/mol. The molecule has 0 spiro atoms. The fraction of sp³-hybridized carbons (Fsp3) is 0.474. The summed E-state index contributed by atoms with van der Waals surface area (Å²) in [5, 5.41) is 5.70. The molecule has 2 aromatic rings. The summed E-state index contributed by atoms with van der Waals surface area (Å²) < 4.78 is 26.4. The standard InChI is InChI=1S/C19H27N3O3S3/c1-5-22(6-2)28(24,25)15-9-10-18(20-12-15)27-13-17(23)21-19(14(3)4)16-8-7-11-26-16/h7-12,14,19H,5-6,13H2,1-4H3,(H,21,23). The van der Waals surface area contributed by atoms with Gasteiger partial charge in [-0.05, 0) is 29.5 Å². The maximum absolute atomic E-state index is 12.5. The fourth-order valence-electron chi connectivity index (χ4n) is 2.71. The minimum Gasteiger partial charge on any atom is -0.347 e. The van der Waals surface area contributed by atoms with E-state index in [0.717, 1.165) is 4.88 Å². The highest BCUT2D eigenvalue weighted by atomic mass is 32.2. The third-order valence-corrected chi connectivity index (χ3v) is 8.17. The second-order valence-corrected chi connectivity index (χ2v) is 10.4. The van der Waals surface area contributed by atoms with Crippen LogP contribution in [-0.4, -0.2) is 42.5 Å². The molecule has 0 saturated carbocycles. The molecule has 1 N–H and O–H groups in total. The highest BCUT2D eigenvalue weighted by Crippen LogP contribution is 2.26. The molecule has 154 valence electrons. The van der Waals surface area contributed by atoms with Gasteiger partial charge in [-0.25, -0.2) is 13.4 Å². The molecule has 0 bridgehead atoms. The Morgan fingerprint density at radius 2 is 1.96 bits per heavy atom. The van der Waals surface area contributed by atoms with Gasteiger partial charge >= 0.3 is 0 Å². The molecule has 28 heavy (non-hydrogen) atoms. The number of hydrogen-bond donors (Lipinski definition) is 1. The van der Waals surface area contributed by atoms with Crippen molar-refractivity contribution in [3.63, 3.8) is 0 Å². The lowest BCUT2D eigenvalue weighted by atomic mass is 10.0. The predicted octanol–water partition coefficient (Wildman–Crippen LogP) is 3.78. The van der Waals surface area contributed by atoms with Gasteiger partial charge in [0.15, 0.2) is 0 Å². The normalized spacial score (nSPS) is 13.1. The third-order valence-electron chi connectivity index (χ3n) is 4.24. The summed E-state index contributed by atoms with van der Waals surface area (Å²) in [4.78, 5) is 17.9. The number of thioether (sulfide) groups is 1.